The van der Waals surface area contributed by atoms with Gasteiger partial charge in [-0.1, -0.05) is 139 Å². The van der Waals surface area contributed by atoms with E-state index in [1.807, 2.05) is 0 Å². The van der Waals surface area contributed by atoms with Crippen molar-refractivity contribution < 1.29 is 0 Å². The summed E-state index contributed by atoms with van der Waals surface area (Å²) in [6.45, 7) is 8.70. The van der Waals surface area contributed by atoms with E-state index in [0.29, 0.717) is 0 Å². The maximum Gasteiger partial charge on any atom is 0.0728 e. The number of aryl methyl sites for hydroxylation is 3. The second-order valence-electron chi connectivity index (χ2n) is 20.6. The Morgan fingerprint density at radius 2 is 0.737 bits per heavy atom. The summed E-state index contributed by atoms with van der Waals surface area (Å²) in [6.07, 6.45) is 9.82. The predicted molar refractivity (Wildman–Crippen MR) is 320 cm³/mol. The lowest BCUT2D eigenvalue weighted by atomic mass is 9.70. The highest BCUT2D eigenvalue weighted by Crippen LogP contribution is 2.65. The van der Waals surface area contributed by atoms with E-state index < -0.39 is 5.41 Å². The fourth-order valence-corrected chi connectivity index (χ4v) is 12.1. The Bertz CT molecular complexity index is 3840. The van der Waals surface area contributed by atoms with Gasteiger partial charge >= 0.3 is 0 Å². The van der Waals surface area contributed by atoms with Crippen LogP contribution in [0.5, 0.6) is 0 Å². The first-order valence-corrected chi connectivity index (χ1v) is 26.5. The van der Waals surface area contributed by atoms with Crippen LogP contribution in [0.1, 0.15) is 52.3 Å². The molecule has 0 aliphatic heterocycles. The summed E-state index contributed by atoms with van der Waals surface area (Å²) in [4.78, 5) is 7.31. The van der Waals surface area contributed by atoms with E-state index in [1.54, 1.807) is 0 Å². The summed E-state index contributed by atoms with van der Waals surface area (Å²) in [5.41, 5.74) is 26.2. The molecule has 0 aromatic heterocycles. The van der Waals surface area contributed by atoms with Gasteiger partial charge in [-0.2, -0.15) is 0 Å². The smallest absolute Gasteiger partial charge is 0.0728 e. The molecule has 0 radical (unpaired) electrons. The highest BCUT2D eigenvalue weighted by Gasteiger charge is 2.53. The van der Waals surface area contributed by atoms with Gasteiger partial charge in [-0.05, 0) is 216 Å². The molecular weight excluding hydrogens is 921 g/mol. The quantitative estimate of drug-likeness (QED) is 0.139. The fraction of sp³-hybridized carbons (Fsp3) is 0.0833. The van der Waals surface area contributed by atoms with Crippen molar-refractivity contribution in [3.8, 4) is 22.3 Å². The largest absolute Gasteiger partial charge is 0.356 e. The third-order valence-corrected chi connectivity index (χ3v) is 15.4. The summed E-state index contributed by atoms with van der Waals surface area (Å²) in [7, 11) is 0. The molecule has 3 aliphatic rings. The van der Waals surface area contributed by atoms with Crippen molar-refractivity contribution in [2.24, 2.45) is 0 Å². The van der Waals surface area contributed by atoms with E-state index in [4.69, 9.17) is 0 Å². The van der Waals surface area contributed by atoms with Crippen LogP contribution in [-0.4, -0.2) is 0 Å². The molecule has 0 amide bonds. The number of benzene rings is 10. The second-order valence-corrected chi connectivity index (χ2v) is 20.6. The zero-order chi connectivity index (χ0) is 51.3. The second kappa shape index (κ2) is 19.1. The topological polar surface area (TPSA) is 21.8 Å². The van der Waals surface area contributed by atoms with E-state index in [1.165, 1.54) is 72.5 Å². The zero-order valence-electron chi connectivity index (χ0n) is 43.4. The molecule has 0 saturated carbocycles. The number of para-hydroxylation sites is 3. The van der Waals surface area contributed by atoms with Crippen LogP contribution in [0.3, 0.4) is 0 Å². The highest BCUT2D eigenvalue weighted by atomic mass is 15.2. The predicted octanol–water partition coefficient (Wildman–Crippen LogP) is 19.6. The average Bonchev–Trinajstić information content (AvgIpc) is 4.00. The molecular formula is C72H58N4. The van der Waals surface area contributed by atoms with Crippen molar-refractivity contribution in [3.05, 3.63) is 311 Å². The van der Waals surface area contributed by atoms with Gasteiger partial charge in [0, 0.05) is 69.0 Å². The number of anilines is 10. The van der Waals surface area contributed by atoms with Crippen molar-refractivity contribution in [1.82, 2.24) is 0 Å². The minimum Gasteiger partial charge on any atom is -0.356 e. The molecule has 366 valence electrons. The van der Waals surface area contributed by atoms with E-state index >= 15 is 0 Å². The lowest BCUT2D eigenvalue weighted by molar-refractivity contribution is 0.793. The van der Waals surface area contributed by atoms with Gasteiger partial charge in [-0.3, -0.25) is 0 Å². The van der Waals surface area contributed by atoms with Crippen LogP contribution in [0.15, 0.2) is 272 Å². The standard InChI is InChI=1S/C72H58N4/c1-49-18-15-29-58(34-32-49)74(55-23-8-5-9-24-55)61-35-39-66-67-41-37-63(76(57-27-12-7-13-28-57)60-31-17-21-52(4)44-60)48-71(67)72(69(66)46-61)68-45-54(73-53-22-14-19-50(2)42-53)33-38-64(68)65-40-36-62(47-70(65)72)75(56-25-10-6-11-26-56)59-30-16-20-51(3)43-59/h5-33,35-48,73H,34H2,1-4H3. The van der Waals surface area contributed by atoms with Gasteiger partial charge in [0.05, 0.1) is 5.41 Å². The average molecular weight is 979 g/mol. The number of fused-ring (bicyclic) bond motifs is 10. The number of nitrogens with zero attached hydrogens (tertiary/aromatic N) is 3. The summed E-state index contributed by atoms with van der Waals surface area (Å²) < 4.78 is 0. The van der Waals surface area contributed by atoms with Gasteiger partial charge in [0.25, 0.3) is 0 Å². The molecule has 1 N–H and O–H groups in total. The summed E-state index contributed by atoms with van der Waals surface area (Å²) in [5.74, 6) is 0. The monoisotopic (exact) mass is 978 g/mol. The van der Waals surface area contributed by atoms with E-state index in [0.717, 1.165) is 63.3 Å². The number of hydrogen-bond acceptors (Lipinski definition) is 4. The van der Waals surface area contributed by atoms with Gasteiger partial charge < -0.3 is 20.0 Å². The zero-order valence-corrected chi connectivity index (χ0v) is 43.4. The maximum absolute atomic E-state index is 3.87. The summed E-state index contributed by atoms with van der Waals surface area (Å²) in [6, 6.07) is 87.7. The van der Waals surface area contributed by atoms with Crippen molar-refractivity contribution in [3.63, 3.8) is 0 Å². The van der Waals surface area contributed by atoms with Gasteiger partial charge in [0.1, 0.15) is 0 Å². The maximum atomic E-state index is 3.87. The van der Waals surface area contributed by atoms with Crippen LogP contribution < -0.4 is 20.0 Å². The van der Waals surface area contributed by atoms with E-state index in [9.17, 15) is 0 Å². The van der Waals surface area contributed by atoms with Gasteiger partial charge in [-0.15, -0.1) is 0 Å². The first kappa shape index (κ1) is 46.4. The van der Waals surface area contributed by atoms with Gasteiger partial charge in [0.2, 0.25) is 0 Å². The first-order valence-electron chi connectivity index (χ1n) is 26.5. The SMILES string of the molecule is CC1=CCC(N(c2ccccc2)c2ccc3c(c2)C2(c4cc(Nc5cccc(C)c5)ccc4-c4ccc(N(c5ccccc5)c5cccc(C)c5)cc42)c2cc(N(c4ccccc4)c4cccc(C)c4)ccc2-3)=CC=C1. The molecule has 0 bridgehead atoms. The van der Waals surface area contributed by atoms with Crippen LogP contribution >= 0.6 is 0 Å². The Morgan fingerprint density at radius 1 is 0.342 bits per heavy atom. The molecule has 13 rings (SSSR count). The van der Waals surface area contributed by atoms with Crippen LogP contribution in [-0.2, 0) is 5.41 Å². The lowest BCUT2D eigenvalue weighted by Crippen LogP contribution is -2.27. The third kappa shape index (κ3) is 8.11. The van der Waals surface area contributed by atoms with Gasteiger partial charge in [-0.25, -0.2) is 0 Å². The summed E-state index contributed by atoms with van der Waals surface area (Å²) in [5, 5.41) is 3.87. The molecule has 1 unspecified atom stereocenters. The molecule has 1 spiro atoms. The number of nitrogens with one attached hydrogen (secondary N) is 1. The highest BCUT2D eigenvalue weighted by molar-refractivity contribution is 5.99. The van der Waals surface area contributed by atoms with E-state index in [2.05, 4.69) is 309 Å². The Morgan fingerprint density at radius 3 is 1.22 bits per heavy atom. The van der Waals surface area contributed by atoms with Crippen molar-refractivity contribution in [1.29, 1.82) is 0 Å². The molecule has 10 aromatic carbocycles. The molecule has 4 heteroatoms. The Labute approximate surface area is 447 Å². The number of rotatable bonds is 11. The van der Waals surface area contributed by atoms with Crippen LogP contribution in [0.4, 0.5) is 56.9 Å². The van der Waals surface area contributed by atoms with E-state index in [-0.39, 0.29) is 0 Å². The lowest BCUT2D eigenvalue weighted by Gasteiger charge is -2.34. The van der Waals surface area contributed by atoms with Crippen LogP contribution in [0, 0.1) is 20.8 Å². The van der Waals surface area contributed by atoms with Crippen molar-refractivity contribution >= 4 is 56.9 Å². The minimum atomic E-state index is -0.776. The molecule has 10 aromatic rings. The third-order valence-electron chi connectivity index (χ3n) is 15.4. The molecule has 0 heterocycles. The molecule has 1 atom stereocenters. The van der Waals surface area contributed by atoms with Gasteiger partial charge in [0.15, 0.2) is 0 Å². The fourth-order valence-electron chi connectivity index (χ4n) is 12.1. The molecule has 3 aliphatic carbocycles. The first-order chi connectivity index (χ1) is 37.3. The Balaban J connectivity index is 1.13. The van der Waals surface area contributed by atoms with Crippen molar-refractivity contribution in [2.45, 2.75) is 39.5 Å². The van der Waals surface area contributed by atoms with Crippen LogP contribution in [0.25, 0.3) is 22.3 Å². The van der Waals surface area contributed by atoms with Crippen molar-refractivity contribution in [2.75, 3.05) is 20.0 Å². The molecule has 0 saturated heterocycles. The number of hydrogen-bond donors (Lipinski definition) is 1. The van der Waals surface area contributed by atoms with Crippen LogP contribution in [0.2, 0.25) is 0 Å². The molecule has 76 heavy (non-hydrogen) atoms. The Kier molecular flexibility index (Phi) is 11.7. The molecule has 4 nitrogen and oxygen atoms in total. The summed E-state index contributed by atoms with van der Waals surface area (Å²) >= 11 is 0. The molecule has 0 fully saturated rings. The normalized spacial score (nSPS) is 14.7. The minimum absolute atomic E-state index is 0.776. The number of allylic oxidation sites excluding steroid dienone is 5. The Hall–Kier alpha value is -9.38.